The predicted octanol–water partition coefficient (Wildman–Crippen LogP) is 5.67. The van der Waals surface area contributed by atoms with E-state index in [1.807, 2.05) is 36.4 Å². The van der Waals surface area contributed by atoms with E-state index >= 15 is 0 Å². The molecule has 1 fully saturated rings. The predicted molar refractivity (Wildman–Crippen MR) is 158 cm³/mol. The Morgan fingerprint density at radius 2 is 1.76 bits per heavy atom. The van der Waals surface area contributed by atoms with Crippen molar-refractivity contribution >= 4 is 86.4 Å². The van der Waals surface area contributed by atoms with Crippen LogP contribution in [-0.4, -0.2) is 36.4 Å². The molecule has 4 amide bonds. The van der Waals surface area contributed by atoms with Crippen LogP contribution in [-0.2, 0) is 16.2 Å². The van der Waals surface area contributed by atoms with Gasteiger partial charge in [-0.25, -0.2) is 9.69 Å². The highest BCUT2D eigenvalue weighted by molar-refractivity contribution is 14.1. The number of amides is 4. The number of hydrogen-bond acceptors (Lipinski definition) is 5. The van der Waals surface area contributed by atoms with Gasteiger partial charge in [0.05, 0.1) is 19.9 Å². The van der Waals surface area contributed by atoms with Crippen molar-refractivity contribution in [3.05, 3.63) is 89.7 Å². The highest BCUT2D eigenvalue weighted by Gasteiger charge is 2.35. The van der Waals surface area contributed by atoms with E-state index in [0.29, 0.717) is 28.6 Å². The molecular weight excluding hydrogens is 724 g/mol. The molecule has 3 aromatic carbocycles. The number of urea groups is 1. The van der Waals surface area contributed by atoms with Gasteiger partial charge in [-0.2, -0.15) is 0 Å². The number of carbonyl (C=O) groups is 3. The average Bonchev–Trinajstić information content (AvgIpc) is 3.12. The first kappa shape index (κ1) is 27.2. The molecule has 0 saturated carbocycles. The molecule has 0 spiro atoms. The van der Waals surface area contributed by atoms with Gasteiger partial charge in [0.1, 0.15) is 30.3 Å². The van der Waals surface area contributed by atoms with Gasteiger partial charge >= 0.3 is 6.03 Å². The molecule has 4 rings (SSSR count). The van der Waals surface area contributed by atoms with Gasteiger partial charge in [0, 0.05) is 5.02 Å². The number of ether oxygens (including phenoxy) is 2. The minimum Gasteiger partial charge on any atom is -0.495 e. The fourth-order valence-electron chi connectivity index (χ4n) is 3.50. The Bertz CT molecular complexity index is 1370. The zero-order valence-electron chi connectivity index (χ0n) is 19.4. The summed E-state index contributed by atoms with van der Waals surface area (Å²) in [5, 5.41) is 5.87. The van der Waals surface area contributed by atoms with Gasteiger partial charge in [0.2, 0.25) is 5.91 Å². The largest absolute Gasteiger partial charge is 0.495 e. The molecule has 0 unspecified atom stereocenters. The van der Waals surface area contributed by atoms with E-state index in [1.54, 1.807) is 30.3 Å². The minimum absolute atomic E-state index is 0.0801. The summed E-state index contributed by atoms with van der Waals surface area (Å²) in [5.41, 5.74) is 2.21. The van der Waals surface area contributed by atoms with Crippen molar-refractivity contribution in [2.45, 2.75) is 6.61 Å². The van der Waals surface area contributed by atoms with Crippen molar-refractivity contribution in [1.82, 2.24) is 10.2 Å². The van der Waals surface area contributed by atoms with Gasteiger partial charge in [0.25, 0.3) is 5.91 Å². The molecule has 0 atom stereocenters. The fourth-order valence-corrected chi connectivity index (χ4v) is 5.75. The Hall–Kier alpha value is -2.84. The first-order valence-electron chi connectivity index (χ1n) is 10.9. The molecule has 1 aliphatic rings. The smallest absolute Gasteiger partial charge is 0.329 e. The van der Waals surface area contributed by atoms with Crippen LogP contribution in [0.25, 0.3) is 6.08 Å². The zero-order valence-corrected chi connectivity index (χ0v) is 24.5. The second-order valence-corrected chi connectivity index (χ2v) is 10.6. The summed E-state index contributed by atoms with van der Waals surface area (Å²) in [6, 6.07) is 17.3. The summed E-state index contributed by atoms with van der Waals surface area (Å²) in [4.78, 5) is 38.7. The Kier molecular flexibility index (Phi) is 8.92. The van der Waals surface area contributed by atoms with Gasteiger partial charge in [-0.1, -0.05) is 35.9 Å². The summed E-state index contributed by atoms with van der Waals surface area (Å²) >= 11 is 10.3. The van der Waals surface area contributed by atoms with Crippen LogP contribution in [0.15, 0.2) is 66.4 Å². The number of benzene rings is 3. The molecule has 1 heterocycles. The Morgan fingerprint density at radius 1 is 1.08 bits per heavy atom. The minimum atomic E-state index is -0.668. The number of halogens is 3. The lowest BCUT2D eigenvalue weighted by atomic mass is 10.2. The molecule has 8 nitrogen and oxygen atoms in total. The Labute approximate surface area is 245 Å². The molecule has 1 aliphatic heterocycles. The van der Waals surface area contributed by atoms with Gasteiger partial charge in [0.15, 0.2) is 0 Å². The SMILES string of the molecule is COc1ccccc1NC(=O)CN1C(=O)N/C(=C/c2cc(I)c(OCc3ccc(Cl)cc3)c(I)c2)C1=O. The quantitative estimate of drug-likeness (QED) is 0.176. The van der Waals surface area contributed by atoms with Crippen LogP contribution in [0.3, 0.4) is 0 Å². The summed E-state index contributed by atoms with van der Waals surface area (Å²) < 4.78 is 12.9. The molecule has 1 saturated heterocycles. The first-order valence-corrected chi connectivity index (χ1v) is 13.4. The monoisotopic (exact) mass is 743 g/mol. The number of anilines is 1. The van der Waals surface area contributed by atoms with Crippen molar-refractivity contribution in [3.8, 4) is 11.5 Å². The maximum absolute atomic E-state index is 12.9. The number of imide groups is 1. The third-order valence-electron chi connectivity index (χ3n) is 5.27. The summed E-state index contributed by atoms with van der Waals surface area (Å²) in [6.07, 6.45) is 1.58. The third-order valence-corrected chi connectivity index (χ3v) is 7.13. The fraction of sp³-hybridized carbons (Fsp3) is 0.115. The Balaban J connectivity index is 1.44. The number of nitrogens with zero attached hydrogens (tertiary/aromatic N) is 1. The molecule has 37 heavy (non-hydrogen) atoms. The lowest BCUT2D eigenvalue weighted by molar-refractivity contribution is -0.127. The zero-order chi connectivity index (χ0) is 26.5. The van der Waals surface area contributed by atoms with E-state index in [1.165, 1.54) is 7.11 Å². The second-order valence-electron chi connectivity index (χ2n) is 7.86. The van der Waals surface area contributed by atoms with E-state index in [0.717, 1.165) is 23.4 Å². The average molecular weight is 744 g/mol. The highest BCUT2D eigenvalue weighted by Crippen LogP contribution is 2.31. The van der Waals surface area contributed by atoms with Crippen LogP contribution in [0.5, 0.6) is 11.5 Å². The van der Waals surface area contributed by atoms with E-state index in [-0.39, 0.29) is 5.70 Å². The molecule has 11 heteroatoms. The Morgan fingerprint density at radius 3 is 2.43 bits per heavy atom. The normalized spacial score (nSPS) is 14.1. The number of para-hydroxylation sites is 2. The van der Waals surface area contributed by atoms with Crippen LogP contribution in [0, 0.1) is 7.14 Å². The molecule has 0 aromatic heterocycles. The first-order chi connectivity index (χ1) is 17.7. The second kappa shape index (κ2) is 12.1. The van der Waals surface area contributed by atoms with Gasteiger partial charge < -0.3 is 20.1 Å². The van der Waals surface area contributed by atoms with E-state index in [4.69, 9.17) is 21.1 Å². The van der Waals surface area contributed by atoms with Gasteiger partial charge in [-0.05, 0) is 98.8 Å². The van der Waals surface area contributed by atoms with Crippen molar-refractivity contribution in [3.63, 3.8) is 0 Å². The maximum atomic E-state index is 12.9. The number of nitrogens with one attached hydrogen (secondary N) is 2. The lowest BCUT2D eigenvalue weighted by Crippen LogP contribution is -2.38. The topological polar surface area (TPSA) is 97.0 Å². The van der Waals surface area contributed by atoms with Crippen molar-refractivity contribution in [1.29, 1.82) is 0 Å². The van der Waals surface area contributed by atoms with E-state index < -0.39 is 24.4 Å². The van der Waals surface area contributed by atoms with E-state index in [9.17, 15) is 14.4 Å². The molecule has 2 N–H and O–H groups in total. The number of methoxy groups -OCH3 is 1. The van der Waals surface area contributed by atoms with Crippen LogP contribution in [0.4, 0.5) is 10.5 Å². The van der Waals surface area contributed by atoms with E-state index in [2.05, 4.69) is 55.8 Å². The standard InChI is InChI=1S/C26H20ClI2N3O5/c1-36-22-5-3-2-4-20(22)30-23(33)13-32-25(34)21(31-26(32)35)12-16-10-18(28)24(19(29)11-16)37-14-15-6-8-17(27)9-7-15/h2-12H,13-14H2,1H3,(H,30,33)(H,31,35)/b21-12+. The van der Waals surface area contributed by atoms with Gasteiger partial charge in [-0.15, -0.1) is 0 Å². The third kappa shape index (κ3) is 6.73. The van der Waals surface area contributed by atoms with Crippen LogP contribution in [0.2, 0.25) is 5.02 Å². The van der Waals surface area contributed by atoms with Gasteiger partial charge in [-0.3, -0.25) is 9.59 Å². The molecule has 3 aromatic rings. The molecular formula is C26H20ClI2N3O5. The van der Waals surface area contributed by atoms with Crippen LogP contribution in [0.1, 0.15) is 11.1 Å². The maximum Gasteiger partial charge on any atom is 0.329 e. The summed E-state index contributed by atoms with van der Waals surface area (Å²) in [5.74, 6) is 0.0712. The van der Waals surface area contributed by atoms with Crippen molar-refractivity contribution in [2.75, 3.05) is 19.0 Å². The highest BCUT2D eigenvalue weighted by atomic mass is 127. The molecule has 0 aliphatic carbocycles. The number of hydrogen-bond donors (Lipinski definition) is 2. The molecule has 190 valence electrons. The van der Waals surface area contributed by atoms with Crippen LogP contribution < -0.4 is 20.1 Å². The number of carbonyl (C=O) groups excluding carboxylic acids is 3. The van der Waals surface area contributed by atoms with Crippen molar-refractivity contribution < 1.29 is 23.9 Å². The van der Waals surface area contributed by atoms with Crippen molar-refractivity contribution in [2.24, 2.45) is 0 Å². The summed E-state index contributed by atoms with van der Waals surface area (Å²) in [6.45, 7) is -0.0589. The molecule has 0 bridgehead atoms. The van der Waals surface area contributed by atoms with Crippen LogP contribution >= 0.6 is 56.8 Å². The summed E-state index contributed by atoms with van der Waals surface area (Å²) in [7, 11) is 1.49. The lowest BCUT2D eigenvalue weighted by Gasteiger charge is -2.13. The molecule has 0 radical (unpaired) electrons. The number of rotatable bonds is 8.